The highest BCUT2D eigenvalue weighted by Gasteiger charge is 2.41. The van der Waals surface area contributed by atoms with E-state index in [4.69, 9.17) is 9.84 Å². The summed E-state index contributed by atoms with van der Waals surface area (Å²) in [5.41, 5.74) is 0. The number of likely N-dealkylation sites (N-methyl/N-ethyl adjacent to an activating group) is 1. The number of carboxylic acid groups (broad SMARTS) is 1. The Balaban J connectivity index is 1.45. The predicted molar refractivity (Wildman–Crippen MR) is 84.3 cm³/mol. The van der Waals surface area contributed by atoms with Crippen molar-refractivity contribution in [2.45, 2.75) is 50.7 Å². The summed E-state index contributed by atoms with van der Waals surface area (Å²) >= 11 is 0. The van der Waals surface area contributed by atoms with Crippen molar-refractivity contribution in [1.29, 1.82) is 0 Å². The highest BCUT2D eigenvalue weighted by atomic mass is 16.5. The van der Waals surface area contributed by atoms with Crippen molar-refractivity contribution in [2.75, 3.05) is 32.8 Å². The van der Waals surface area contributed by atoms with Crippen LogP contribution in [0.1, 0.15) is 32.6 Å². The lowest BCUT2D eigenvalue weighted by Gasteiger charge is -2.44. The average molecular weight is 325 g/mol. The first kappa shape index (κ1) is 16.5. The summed E-state index contributed by atoms with van der Waals surface area (Å²) in [6, 6.07) is 0.692. The number of nitrogens with one attached hydrogen (secondary N) is 1. The van der Waals surface area contributed by atoms with Crippen LogP contribution in [0.25, 0.3) is 0 Å². The summed E-state index contributed by atoms with van der Waals surface area (Å²) in [7, 11) is 0. The summed E-state index contributed by atoms with van der Waals surface area (Å²) in [6.45, 7) is 4.73. The van der Waals surface area contributed by atoms with Gasteiger partial charge in [0.1, 0.15) is 0 Å². The molecule has 3 rings (SSSR count). The summed E-state index contributed by atoms with van der Waals surface area (Å²) in [5.74, 6) is -0.179. The zero-order chi connectivity index (χ0) is 16.4. The minimum absolute atomic E-state index is 0.0231. The Morgan fingerprint density at radius 3 is 2.70 bits per heavy atom. The van der Waals surface area contributed by atoms with Gasteiger partial charge in [-0.3, -0.25) is 9.69 Å². The molecule has 2 aliphatic carbocycles. The van der Waals surface area contributed by atoms with Gasteiger partial charge in [-0.2, -0.15) is 0 Å². The topological polar surface area (TPSA) is 82.1 Å². The van der Waals surface area contributed by atoms with Gasteiger partial charge >= 0.3 is 12.0 Å². The monoisotopic (exact) mass is 325 g/mol. The lowest BCUT2D eigenvalue weighted by molar-refractivity contribution is -0.139. The third kappa shape index (κ3) is 3.95. The van der Waals surface area contributed by atoms with Crippen molar-refractivity contribution in [3.63, 3.8) is 0 Å². The van der Waals surface area contributed by atoms with Crippen LogP contribution in [0, 0.1) is 5.92 Å². The van der Waals surface area contributed by atoms with Crippen LogP contribution < -0.4 is 5.32 Å². The Morgan fingerprint density at radius 1 is 1.35 bits per heavy atom. The number of amides is 2. The van der Waals surface area contributed by atoms with Crippen LogP contribution in [0.2, 0.25) is 0 Å². The molecule has 2 N–H and O–H groups in total. The van der Waals surface area contributed by atoms with Crippen molar-refractivity contribution in [3.05, 3.63) is 0 Å². The molecule has 0 aromatic heterocycles. The van der Waals surface area contributed by atoms with Gasteiger partial charge in [-0.25, -0.2) is 4.79 Å². The number of rotatable bonds is 6. The van der Waals surface area contributed by atoms with Gasteiger partial charge in [-0.15, -0.1) is 0 Å². The smallest absolute Gasteiger partial charge is 0.318 e. The fourth-order valence-corrected chi connectivity index (χ4v) is 3.68. The maximum absolute atomic E-state index is 12.5. The second-order valence-electron chi connectivity index (χ2n) is 6.90. The number of nitrogens with zero attached hydrogens (tertiary/aromatic N) is 2. The molecule has 1 aliphatic heterocycles. The molecule has 0 bridgehead atoms. The van der Waals surface area contributed by atoms with Gasteiger partial charge in [0, 0.05) is 18.6 Å². The number of aliphatic carboxylic acids is 1. The van der Waals surface area contributed by atoms with E-state index in [9.17, 15) is 9.59 Å². The molecule has 3 fully saturated rings. The van der Waals surface area contributed by atoms with Crippen LogP contribution in [0.4, 0.5) is 4.79 Å². The molecular formula is C16H27N3O4. The van der Waals surface area contributed by atoms with E-state index in [1.807, 2.05) is 16.7 Å². The maximum atomic E-state index is 12.5. The zero-order valence-corrected chi connectivity index (χ0v) is 13.7. The molecule has 130 valence electrons. The number of urea groups is 1. The lowest BCUT2D eigenvalue weighted by Crippen LogP contribution is -2.60. The van der Waals surface area contributed by atoms with E-state index >= 15 is 0 Å². The second-order valence-corrected chi connectivity index (χ2v) is 6.90. The molecule has 0 aromatic rings. The number of carbonyl (C=O) groups is 2. The molecule has 0 aromatic carbocycles. The van der Waals surface area contributed by atoms with Crippen LogP contribution in [0.15, 0.2) is 0 Å². The Labute approximate surface area is 136 Å². The van der Waals surface area contributed by atoms with E-state index in [0.29, 0.717) is 25.7 Å². The molecule has 3 aliphatic rings. The lowest BCUT2D eigenvalue weighted by atomic mass is 9.85. The van der Waals surface area contributed by atoms with E-state index in [-0.39, 0.29) is 30.7 Å². The molecule has 0 radical (unpaired) electrons. The molecule has 2 saturated carbocycles. The highest BCUT2D eigenvalue weighted by molar-refractivity contribution is 5.75. The molecule has 23 heavy (non-hydrogen) atoms. The Morgan fingerprint density at radius 2 is 2.09 bits per heavy atom. The van der Waals surface area contributed by atoms with Gasteiger partial charge in [0.15, 0.2) is 0 Å². The molecule has 1 unspecified atom stereocenters. The first-order valence-corrected chi connectivity index (χ1v) is 8.69. The molecular weight excluding hydrogens is 298 g/mol. The fraction of sp³-hybridized carbons (Fsp3) is 0.875. The summed E-state index contributed by atoms with van der Waals surface area (Å²) in [5, 5.41) is 12.0. The van der Waals surface area contributed by atoms with Gasteiger partial charge in [0.25, 0.3) is 0 Å². The number of hydrogen-bond donors (Lipinski definition) is 2. The van der Waals surface area contributed by atoms with Gasteiger partial charge in [-0.1, -0.05) is 6.92 Å². The SMILES string of the molecule is CCN(CC(=O)O)C1CC(NC(=O)N2CCOCC2C2CC2)C1. The van der Waals surface area contributed by atoms with Crippen LogP contribution in [-0.4, -0.2) is 77.9 Å². The zero-order valence-electron chi connectivity index (χ0n) is 13.7. The number of morpholine rings is 1. The molecule has 1 saturated heterocycles. The first-order chi connectivity index (χ1) is 11.1. The minimum Gasteiger partial charge on any atom is -0.480 e. The van der Waals surface area contributed by atoms with Crippen LogP contribution in [0.3, 0.4) is 0 Å². The minimum atomic E-state index is -0.792. The highest BCUT2D eigenvalue weighted by Crippen LogP contribution is 2.36. The third-order valence-corrected chi connectivity index (χ3v) is 5.29. The van der Waals surface area contributed by atoms with Crippen LogP contribution in [-0.2, 0) is 9.53 Å². The summed E-state index contributed by atoms with van der Waals surface area (Å²) < 4.78 is 5.53. The standard InChI is InChI=1S/C16H27N3O4/c1-2-18(9-15(20)21)13-7-12(8-13)17-16(22)19-5-6-23-10-14(19)11-3-4-11/h11-14H,2-10H2,1H3,(H,17,22)(H,20,21). The van der Waals surface area contributed by atoms with Crippen molar-refractivity contribution in [2.24, 2.45) is 5.92 Å². The summed E-state index contributed by atoms with van der Waals surface area (Å²) in [6.07, 6.45) is 4.07. The van der Waals surface area contributed by atoms with Crippen LogP contribution in [0.5, 0.6) is 0 Å². The molecule has 0 spiro atoms. The normalized spacial score (nSPS) is 30.9. The van der Waals surface area contributed by atoms with Gasteiger partial charge in [-0.05, 0) is 38.1 Å². The Kier molecular flexibility index (Phi) is 5.06. The first-order valence-electron chi connectivity index (χ1n) is 8.69. The van der Waals surface area contributed by atoms with E-state index < -0.39 is 5.97 Å². The number of ether oxygens (including phenoxy) is 1. The Bertz CT molecular complexity index is 449. The predicted octanol–water partition coefficient (Wildman–Crippen LogP) is 0.744. The fourth-order valence-electron chi connectivity index (χ4n) is 3.68. The van der Waals surface area contributed by atoms with Gasteiger partial charge < -0.3 is 20.1 Å². The molecule has 7 nitrogen and oxygen atoms in total. The molecule has 7 heteroatoms. The Hall–Kier alpha value is -1.34. The van der Waals surface area contributed by atoms with Crippen molar-refractivity contribution in [1.82, 2.24) is 15.1 Å². The third-order valence-electron chi connectivity index (χ3n) is 5.29. The molecule has 1 heterocycles. The van der Waals surface area contributed by atoms with Crippen molar-refractivity contribution < 1.29 is 19.4 Å². The van der Waals surface area contributed by atoms with E-state index in [1.54, 1.807) is 0 Å². The number of carboxylic acids is 1. The number of hydrogen-bond acceptors (Lipinski definition) is 4. The van der Waals surface area contributed by atoms with Crippen molar-refractivity contribution >= 4 is 12.0 Å². The van der Waals surface area contributed by atoms with Gasteiger partial charge in [0.2, 0.25) is 0 Å². The van der Waals surface area contributed by atoms with Crippen molar-refractivity contribution in [3.8, 4) is 0 Å². The van der Waals surface area contributed by atoms with E-state index in [1.165, 1.54) is 12.8 Å². The second kappa shape index (κ2) is 7.05. The molecule has 1 atom stereocenters. The largest absolute Gasteiger partial charge is 0.480 e. The maximum Gasteiger partial charge on any atom is 0.318 e. The quantitative estimate of drug-likeness (QED) is 0.753. The average Bonchev–Trinajstić information content (AvgIpc) is 3.32. The summed E-state index contributed by atoms with van der Waals surface area (Å²) in [4.78, 5) is 27.3. The van der Waals surface area contributed by atoms with Crippen LogP contribution >= 0.6 is 0 Å². The molecule has 2 amide bonds. The van der Waals surface area contributed by atoms with E-state index in [2.05, 4.69) is 5.32 Å². The van der Waals surface area contributed by atoms with E-state index in [0.717, 1.165) is 19.4 Å². The van der Waals surface area contributed by atoms with Gasteiger partial charge in [0.05, 0.1) is 25.8 Å². The number of carbonyl (C=O) groups excluding carboxylic acids is 1.